The van der Waals surface area contributed by atoms with Gasteiger partial charge in [0.15, 0.2) is 0 Å². The zero-order valence-electron chi connectivity index (χ0n) is 21.2. The molecule has 196 valence electrons. The lowest BCUT2D eigenvalue weighted by molar-refractivity contribution is -0.136. The van der Waals surface area contributed by atoms with Crippen LogP contribution in [-0.2, 0) is 16.0 Å². The van der Waals surface area contributed by atoms with Crippen molar-refractivity contribution < 1.29 is 18.8 Å². The number of carbonyl (C=O) groups excluding carboxylic acids is 3. The first-order valence-electron chi connectivity index (χ1n) is 13.4. The molecule has 1 aliphatic carbocycles. The van der Waals surface area contributed by atoms with E-state index in [-0.39, 0.29) is 29.7 Å². The molecule has 37 heavy (non-hydrogen) atoms. The largest absolute Gasteiger partial charge is 0.340 e. The van der Waals surface area contributed by atoms with Crippen molar-refractivity contribution in [2.75, 3.05) is 39.3 Å². The summed E-state index contributed by atoms with van der Waals surface area (Å²) in [5, 5.41) is 3.32. The Bertz CT molecular complexity index is 1100. The lowest BCUT2D eigenvalue weighted by atomic mass is 10.1. The molecular formula is C29H35FN4O3. The van der Waals surface area contributed by atoms with E-state index >= 15 is 0 Å². The normalized spacial score (nSPS) is 22.0. The van der Waals surface area contributed by atoms with Gasteiger partial charge >= 0.3 is 0 Å². The standard InChI is InChI=1S/C29H35FN4O3/c30-24-11-9-23(10-12-24)28(36)34-20-25(19-26(34)29(37)32-16-4-14-31-15-18-32)33(27(35)22-7-8-22)17-13-21-5-2-1-3-6-21/h1-3,5-6,9-12,22,25-26,31H,4,7-8,13-20H2. The van der Waals surface area contributed by atoms with Gasteiger partial charge in [0.1, 0.15) is 11.9 Å². The summed E-state index contributed by atoms with van der Waals surface area (Å²) in [7, 11) is 0. The second-order valence-electron chi connectivity index (χ2n) is 10.3. The monoisotopic (exact) mass is 506 g/mol. The maximum absolute atomic E-state index is 13.8. The molecule has 2 atom stereocenters. The molecule has 2 aromatic carbocycles. The lowest BCUT2D eigenvalue weighted by Gasteiger charge is -2.29. The van der Waals surface area contributed by atoms with Crippen molar-refractivity contribution in [1.29, 1.82) is 0 Å². The molecule has 3 amide bonds. The summed E-state index contributed by atoms with van der Waals surface area (Å²) in [6.07, 6.45) is 3.79. The van der Waals surface area contributed by atoms with E-state index in [4.69, 9.17) is 0 Å². The number of nitrogens with zero attached hydrogens (tertiary/aromatic N) is 3. The number of hydrogen-bond donors (Lipinski definition) is 1. The van der Waals surface area contributed by atoms with Crippen LogP contribution < -0.4 is 5.32 Å². The molecular weight excluding hydrogens is 471 g/mol. The predicted molar refractivity (Wildman–Crippen MR) is 138 cm³/mol. The fourth-order valence-electron chi connectivity index (χ4n) is 5.47. The van der Waals surface area contributed by atoms with Crippen LogP contribution in [0, 0.1) is 11.7 Å². The quantitative estimate of drug-likeness (QED) is 0.627. The highest BCUT2D eigenvalue weighted by molar-refractivity contribution is 5.98. The van der Waals surface area contributed by atoms with E-state index in [1.54, 1.807) is 4.90 Å². The van der Waals surface area contributed by atoms with Gasteiger partial charge in [-0.25, -0.2) is 4.39 Å². The van der Waals surface area contributed by atoms with Crippen LogP contribution in [0.4, 0.5) is 4.39 Å². The van der Waals surface area contributed by atoms with Crippen molar-refractivity contribution in [3.63, 3.8) is 0 Å². The lowest BCUT2D eigenvalue weighted by Crippen LogP contribution is -2.48. The van der Waals surface area contributed by atoms with E-state index in [1.807, 2.05) is 28.0 Å². The average molecular weight is 507 g/mol. The summed E-state index contributed by atoms with van der Waals surface area (Å²) >= 11 is 0. The summed E-state index contributed by atoms with van der Waals surface area (Å²) in [5.74, 6) is -0.604. The van der Waals surface area contributed by atoms with E-state index in [9.17, 15) is 18.8 Å². The van der Waals surface area contributed by atoms with E-state index in [0.29, 0.717) is 38.2 Å². The maximum atomic E-state index is 13.8. The Balaban J connectivity index is 1.40. The second kappa shape index (κ2) is 11.4. The van der Waals surface area contributed by atoms with E-state index in [1.165, 1.54) is 24.3 Å². The van der Waals surface area contributed by atoms with Gasteiger partial charge in [-0.2, -0.15) is 0 Å². The number of carbonyl (C=O) groups is 3. The summed E-state index contributed by atoms with van der Waals surface area (Å²) < 4.78 is 13.5. The molecule has 1 N–H and O–H groups in total. The molecule has 8 heteroatoms. The highest BCUT2D eigenvalue weighted by Gasteiger charge is 2.46. The zero-order chi connectivity index (χ0) is 25.8. The molecule has 2 aromatic rings. The van der Waals surface area contributed by atoms with Gasteiger partial charge in [0.05, 0.1) is 6.04 Å². The van der Waals surface area contributed by atoms with Crippen molar-refractivity contribution in [2.45, 2.75) is 44.2 Å². The minimum atomic E-state index is -0.646. The smallest absolute Gasteiger partial charge is 0.254 e. The molecule has 2 saturated heterocycles. The molecule has 1 saturated carbocycles. The summed E-state index contributed by atoms with van der Waals surface area (Å²) in [4.78, 5) is 46.1. The van der Waals surface area contributed by atoms with Crippen LogP contribution in [-0.4, -0.2) is 83.8 Å². The van der Waals surface area contributed by atoms with Gasteiger partial charge in [-0.15, -0.1) is 0 Å². The first kappa shape index (κ1) is 25.4. The molecule has 0 aromatic heterocycles. The summed E-state index contributed by atoms with van der Waals surface area (Å²) in [5.41, 5.74) is 1.50. The van der Waals surface area contributed by atoms with Crippen LogP contribution in [0.2, 0.25) is 0 Å². The Morgan fingerprint density at radius 3 is 2.46 bits per heavy atom. The third kappa shape index (κ3) is 6.01. The molecule has 2 heterocycles. The fourth-order valence-corrected chi connectivity index (χ4v) is 5.47. The van der Waals surface area contributed by atoms with E-state index in [0.717, 1.165) is 44.3 Å². The van der Waals surface area contributed by atoms with Gasteiger partial charge in [0.25, 0.3) is 5.91 Å². The van der Waals surface area contributed by atoms with Crippen molar-refractivity contribution in [2.24, 2.45) is 5.92 Å². The number of nitrogens with one attached hydrogen (secondary N) is 1. The van der Waals surface area contributed by atoms with Crippen molar-refractivity contribution >= 4 is 17.7 Å². The average Bonchev–Trinajstić information content (AvgIpc) is 3.73. The molecule has 0 bridgehead atoms. The van der Waals surface area contributed by atoms with Crippen molar-refractivity contribution in [3.8, 4) is 0 Å². The van der Waals surface area contributed by atoms with Crippen LogP contribution in [0.25, 0.3) is 0 Å². The Hall–Kier alpha value is -3.26. The van der Waals surface area contributed by atoms with Crippen molar-refractivity contribution in [1.82, 2.24) is 20.0 Å². The van der Waals surface area contributed by atoms with Gasteiger partial charge in [0.2, 0.25) is 11.8 Å². The third-order valence-electron chi connectivity index (χ3n) is 7.70. The Kier molecular flexibility index (Phi) is 7.84. The number of halogens is 1. The highest BCUT2D eigenvalue weighted by atomic mass is 19.1. The number of hydrogen-bond acceptors (Lipinski definition) is 4. The molecule has 5 rings (SSSR count). The maximum Gasteiger partial charge on any atom is 0.254 e. The van der Waals surface area contributed by atoms with E-state index in [2.05, 4.69) is 17.4 Å². The molecule has 3 aliphatic rings. The highest BCUT2D eigenvalue weighted by Crippen LogP contribution is 2.34. The van der Waals surface area contributed by atoms with Gasteiger partial charge in [0, 0.05) is 44.2 Å². The van der Waals surface area contributed by atoms with E-state index < -0.39 is 11.9 Å². The Morgan fingerprint density at radius 2 is 1.73 bits per heavy atom. The third-order valence-corrected chi connectivity index (χ3v) is 7.70. The second-order valence-corrected chi connectivity index (χ2v) is 10.3. The molecule has 2 unspecified atom stereocenters. The summed E-state index contributed by atoms with van der Waals surface area (Å²) in [6, 6.07) is 14.6. The van der Waals surface area contributed by atoms with Crippen LogP contribution in [0.15, 0.2) is 54.6 Å². The Labute approximate surface area is 217 Å². The molecule has 3 fully saturated rings. The van der Waals surface area contributed by atoms with Gasteiger partial charge in [-0.05, 0) is 68.5 Å². The number of amides is 3. The topological polar surface area (TPSA) is 73.0 Å². The first-order chi connectivity index (χ1) is 18.0. The minimum absolute atomic E-state index is 0.0449. The fraction of sp³-hybridized carbons (Fsp3) is 0.483. The zero-order valence-corrected chi connectivity index (χ0v) is 21.2. The van der Waals surface area contributed by atoms with Gasteiger partial charge in [-0.3, -0.25) is 14.4 Å². The minimum Gasteiger partial charge on any atom is -0.340 e. The Morgan fingerprint density at radius 1 is 0.973 bits per heavy atom. The molecule has 0 radical (unpaired) electrons. The molecule has 7 nitrogen and oxygen atoms in total. The SMILES string of the molecule is O=C(C1CC(N(CCc2ccccc2)C(=O)C2CC2)CN1C(=O)c1ccc(F)cc1)N1CCCNCC1. The van der Waals surface area contributed by atoms with Crippen LogP contribution in [0.5, 0.6) is 0 Å². The number of likely N-dealkylation sites (tertiary alicyclic amines) is 1. The van der Waals surface area contributed by atoms with Crippen LogP contribution >= 0.6 is 0 Å². The number of benzene rings is 2. The summed E-state index contributed by atoms with van der Waals surface area (Å²) in [6.45, 7) is 3.67. The molecule has 2 aliphatic heterocycles. The predicted octanol–water partition coefficient (Wildman–Crippen LogP) is 2.71. The van der Waals surface area contributed by atoms with Gasteiger partial charge < -0.3 is 20.0 Å². The van der Waals surface area contributed by atoms with Crippen LogP contribution in [0.3, 0.4) is 0 Å². The first-order valence-corrected chi connectivity index (χ1v) is 13.4. The number of rotatable bonds is 7. The molecule has 0 spiro atoms. The van der Waals surface area contributed by atoms with Gasteiger partial charge in [-0.1, -0.05) is 30.3 Å². The van der Waals surface area contributed by atoms with Crippen LogP contribution in [0.1, 0.15) is 41.6 Å². The van der Waals surface area contributed by atoms with Crippen molar-refractivity contribution in [3.05, 3.63) is 71.5 Å².